The van der Waals surface area contributed by atoms with E-state index in [-0.39, 0.29) is 0 Å². The molecule has 3 N–H and O–H groups in total. The summed E-state index contributed by atoms with van der Waals surface area (Å²) in [6.07, 6.45) is 1.42. The fraction of sp³-hybridized carbons (Fsp3) is 0.200. The van der Waals surface area contributed by atoms with Gasteiger partial charge in [0.1, 0.15) is 12.0 Å². The number of nitrogens with one attached hydrogen (secondary N) is 1. The van der Waals surface area contributed by atoms with Crippen LogP contribution >= 0.6 is 27.3 Å². The highest BCUT2D eigenvalue weighted by Crippen LogP contribution is 2.25. The van der Waals surface area contributed by atoms with Crippen LogP contribution in [0.5, 0.6) is 5.88 Å². The fourth-order valence-electron chi connectivity index (χ4n) is 1.30. The van der Waals surface area contributed by atoms with Crippen molar-refractivity contribution in [2.75, 3.05) is 18.2 Å². The molecule has 90 valence electrons. The van der Waals surface area contributed by atoms with Crippen LogP contribution in [0.2, 0.25) is 0 Å². The Labute approximate surface area is 111 Å². The molecular formula is C10H11BrN4OS. The standard InChI is InChI=1S/C10H11BrN4OS/c1-16-10-8(12)9(14-5-15-10)13-3-7-2-6(11)4-17-7/h2,4-5H,3,12H2,1H3,(H,13,14,15). The molecule has 0 aliphatic rings. The molecule has 2 aromatic rings. The van der Waals surface area contributed by atoms with Gasteiger partial charge in [0.2, 0.25) is 5.88 Å². The molecule has 0 atom stereocenters. The first-order valence-electron chi connectivity index (χ1n) is 4.82. The number of hydrogen-bond donors (Lipinski definition) is 2. The van der Waals surface area contributed by atoms with Crippen molar-refractivity contribution in [1.29, 1.82) is 0 Å². The van der Waals surface area contributed by atoms with E-state index in [1.54, 1.807) is 11.3 Å². The third-order valence-electron chi connectivity index (χ3n) is 2.09. The zero-order valence-corrected chi connectivity index (χ0v) is 11.5. The Bertz CT molecular complexity index is 517. The first-order valence-corrected chi connectivity index (χ1v) is 6.49. The largest absolute Gasteiger partial charge is 0.479 e. The minimum absolute atomic E-state index is 0.384. The van der Waals surface area contributed by atoms with Crippen LogP contribution in [0.1, 0.15) is 4.88 Å². The van der Waals surface area contributed by atoms with Gasteiger partial charge in [-0.15, -0.1) is 11.3 Å². The Hall–Kier alpha value is -1.34. The highest BCUT2D eigenvalue weighted by molar-refractivity contribution is 9.10. The Balaban J connectivity index is 2.09. The molecule has 0 amide bonds. The molecule has 2 heterocycles. The van der Waals surface area contributed by atoms with Gasteiger partial charge in [-0.25, -0.2) is 4.98 Å². The van der Waals surface area contributed by atoms with Gasteiger partial charge in [-0.05, 0) is 22.0 Å². The summed E-state index contributed by atoms with van der Waals surface area (Å²) < 4.78 is 6.10. The SMILES string of the molecule is COc1ncnc(NCc2cc(Br)cs2)c1N. The lowest BCUT2D eigenvalue weighted by Gasteiger charge is -2.08. The van der Waals surface area contributed by atoms with E-state index in [1.165, 1.54) is 18.3 Å². The summed E-state index contributed by atoms with van der Waals surface area (Å²) in [4.78, 5) is 9.18. The van der Waals surface area contributed by atoms with Crippen LogP contribution in [0.25, 0.3) is 0 Å². The molecule has 0 saturated heterocycles. The van der Waals surface area contributed by atoms with Gasteiger partial charge in [0.15, 0.2) is 5.82 Å². The van der Waals surface area contributed by atoms with Gasteiger partial charge in [-0.1, -0.05) is 0 Å². The second-order valence-corrected chi connectivity index (χ2v) is 5.14. The number of nitrogen functional groups attached to an aromatic ring is 1. The summed E-state index contributed by atoms with van der Waals surface area (Å²) in [7, 11) is 1.53. The lowest BCUT2D eigenvalue weighted by atomic mass is 10.4. The molecule has 0 radical (unpaired) electrons. The first-order chi connectivity index (χ1) is 8.20. The lowest BCUT2D eigenvalue weighted by molar-refractivity contribution is 0.399. The van der Waals surface area contributed by atoms with Crippen molar-refractivity contribution >= 4 is 38.8 Å². The van der Waals surface area contributed by atoms with Crippen LogP contribution in [-0.2, 0) is 6.54 Å². The average molecular weight is 315 g/mol. The van der Waals surface area contributed by atoms with E-state index in [4.69, 9.17) is 10.5 Å². The third-order valence-corrected chi connectivity index (χ3v) is 3.79. The van der Waals surface area contributed by atoms with Crippen molar-refractivity contribution in [2.24, 2.45) is 0 Å². The van der Waals surface area contributed by atoms with Crippen LogP contribution in [-0.4, -0.2) is 17.1 Å². The van der Waals surface area contributed by atoms with E-state index in [0.29, 0.717) is 23.9 Å². The molecule has 17 heavy (non-hydrogen) atoms. The summed E-state index contributed by atoms with van der Waals surface area (Å²) in [6, 6.07) is 2.05. The van der Waals surface area contributed by atoms with Crippen molar-refractivity contribution in [3.63, 3.8) is 0 Å². The predicted molar refractivity (Wildman–Crippen MR) is 72.3 cm³/mol. The Morgan fingerprint density at radius 3 is 3.00 bits per heavy atom. The first kappa shape index (κ1) is 12.1. The molecule has 2 rings (SSSR count). The zero-order chi connectivity index (χ0) is 12.3. The van der Waals surface area contributed by atoms with Crippen LogP contribution in [0.4, 0.5) is 11.5 Å². The Morgan fingerprint density at radius 1 is 1.53 bits per heavy atom. The number of aromatic nitrogens is 2. The maximum absolute atomic E-state index is 5.84. The van der Waals surface area contributed by atoms with Crippen molar-refractivity contribution < 1.29 is 4.74 Å². The number of methoxy groups -OCH3 is 1. The molecule has 0 saturated carbocycles. The highest BCUT2D eigenvalue weighted by atomic mass is 79.9. The quantitative estimate of drug-likeness (QED) is 0.907. The third kappa shape index (κ3) is 2.86. The molecule has 0 aromatic carbocycles. The second-order valence-electron chi connectivity index (χ2n) is 3.23. The smallest absolute Gasteiger partial charge is 0.242 e. The minimum atomic E-state index is 0.384. The topological polar surface area (TPSA) is 73.1 Å². The van der Waals surface area contributed by atoms with Crippen molar-refractivity contribution in [3.8, 4) is 5.88 Å². The van der Waals surface area contributed by atoms with Crippen LogP contribution in [0.15, 0.2) is 22.2 Å². The van der Waals surface area contributed by atoms with E-state index in [1.807, 2.05) is 11.4 Å². The van der Waals surface area contributed by atoms with Crippen LogP contribution in [0.3, 0.4) is 0 Å². The van der Waals surface area contributed by atoms with Crippen LogP contribution < -0.4 is 15.8 Å². The number of thiophene rings is 1. The molecule has 0 aliphatic heterocycles. The van der Waals surface area contributed by atoms with Gasteiger partial charge in [-0.3, -0.25) is 0 Å². The molecule has 0 spiro atoms. The van der Waals surface area contributed by atoms with Crippen LogP contribution in [0, 0.1) is 0 Å². The van der Waals surface area contributed by atoms with Gasteiger partial charge in [0.05, 0.1) is 13.7 Å². The Kier molecular flexibility index (Phi) is 3.80. The van der Waals surface area contributed by atoms with E-state index >= 15 is 0 Å². The van der Waals surface area contributed by atoms with E-state index in [2.05, 4.69) is 31.2 Å². The molecule has 0 fully saturated rings. The number of anilines is 2. The van der Waals surface area contributed by atoms with Crippen molar-refractivity contribution in [1.82, 2.24) is 9.97 Å². The maximum atomic E-state index is 5.84. The van der Waals surface area contributed by atoms with Crippen molar-refractivity contribution in [2.45, 2.75) is 6.54 Å². The molecular weight excluding hydrogens is 304 g/mol. The molecule has 2 aromatic heterocycles. The van der Waals surface area contributed by atoms with E-state index < -0.39 is 0 Å². The summed E-state index contributed by atoms with van der Waals surface area (Å²) in [6.45, 7) is 0.667. The summed E-state index contributed by atoms with van der Waals surface area (Å²) >= 11 is 5.07. The molecule has 7 heteroatoms. The fourth-order valence-corrected chi connectivity index (χ4v) is 2.69. The van der Waals surface area contributed by atoms with Gasteiger partial charge >= 0.3 is 0 Å². The molecule has 0 bridgehead atoms. The molecule has 0 unspecified atom stereocenters. The van der Waals surface area contributed by atoms with Crippen molar-refractivity contribution in [3.05, 3.63) is 27.1 Å². The normalized spacial score (nSPS) is 10.2. The average Bonchev–Trinajstić information content (AvgIpc) is 2.74. The minimum Gasteiger partial charge on any atom is -0.479 e. The summed E-state index contributed by atoms with van der Waals surface area (Å²) in [5.41, 5.74) is 6.27. The number of ether oxygens (including phenoxy) is 1. The summed E-state index contributed by atoms with van der Waals surface area (Å²) in [5, 5.41) is 5.18. The number of nitrogens with zero attached hydrogens (tertiary/aromatic N) is 2. The zero-order valence-electron chi connectivity index (χ0n) is 9.11. The summed E-state index contributed by atoms with van der Waals surface area (Å²) in [5.74, 6) is 0.969. The maximum Gasteiger partial charge on any atom is 0.242 e. The number of hydrogen-bond acceptors (Lipinski definition) is 6. The van der Waals surface area contributed by atoms with E-state index in [9.17, 15) is 0 Å². The van der Waals surface area contributed by atoms with Gasteiger partial charge in [0.25, 0.3) is 0 Å². The monoisotopic (exact) mass is 314 g/mol. The van der Waals surface area contributed by atoms with Gasteiger partial charge < -0.3 is 15.8 Å². The molecule has 0 aliphatic carbocycles. The molecule has 5 nitrogen and oxygen atoms in total. The lowest BCUT2D eigenvalue weighted by Crippen LogP contribution is -2.06. The number of rotatable bonds is 4. The highest BCUT2D eigenvalue weighted by Gasteiger charge is 2.08. The van der Waals surface area contributed by atoms with Gasteiger partial charge in [0, 0.05) is 14.7 Å². The second kappa shape index (κ2) is 5.33. The van der Waals surface area contributed by atoms with E-state index in [0.717, 1.165) is 4.47 Å². The Morgan fingerprint density at radius 2 is 2.35 bits per heavy atom. The van der Waals surface area contributed by atoms with Gasteiger partial charge in [-0.2, -0.15) is 4.98 Å². The number of nitrogens with two attached hydrogens (primary N) is 1. The number of halogens is 1. The predicted octanol–water partition coefficient (Wildman–Crippen LogP) is 2.50.